The number of carbonyl (C=O) groups is 1. The molecule has 0 amide bonds. The van der Waals surface area contributed by atoms with Crippen LogP contribution < -0.4 is 4.74 Å². The van der Waals surface area contributed by atoms with E-state index in [4.69, 9.17) is 16.3 Å². The van der Waals surface area contributed by atoms with Crippen LogP contribution in [0, 0.1) is 13.8 Å². The molecule has 104 valence electrons. The van der Waals surface area contributed by atoms with E-state index >= 15 is 0 Å². The normalized spacial score (nSPS) is 10.4. The number of carbonyl (C=O) groups excluding carboxylic acids is 1. The van der Waals surface area contributed by atoms with Crippen LogP contribution in [0.4, 0.5) is 0 Å². The Balaban J connectivity index is 2.32. The van der Waals surface area contributed by atoms with Crippen LogP contribution in [0.3, 0.4) is 0 Å². The maximum atomic E-state index is 12.5. The van der Waals surface area contributed by atoms with E-state index in [1.54, 1.807) is 25.3 Å². The summed E-state index contributed by atoms with van der Waals surface area (Å²) < 4.78 is 5.23. The van der Waals surface area contributed by atoms with Gasteiger partial charge in [0.1, 0.15) is 5.75 Å². The van der Waals surface area contributed by atoms with Crippen LogP contribution in [0.2, 0.25) is 5.02 Å². The van der Waals surface area contributed by atoms with Gasteiger partial charge >= 0.3 is 0 Å². The molecule has 0 aromatic heterocycles. The summed E-state index contributed by atoms with van der Waals surface area (Å²) in [4.78, 5) is 12.5. The standard InChI is InChI=1S/C17H17ClO2/c1-11-4-5-12(2)13(8-11)9-16(19)15-10-14(18)6-7-17(15)20-3/h4-8,10H,9H2,1-3H3. The van der Waals surface area contributed by atoms with Gasteiger partial charge < -0.3 is 4.74 Å². The molecule has 0 atom stereocenters. The van der Waals surface area contributed by atoms with Crippen molar-refractivity contribution in [2.45, 2.75) is 20.3 Å². The van der Waals surface area contributed by atoms with E-state index in [-0.39, 0.29) is 5.78 Å². The fourth-order valence-corrected chi connectivity index (χ4v) is 2.33. The second-order valence-corrected chi connectivity index (χ2v) is 5.31. The van der Waals surface area contributed by atoms with Gasteiger partial charge in [0.25, 0.3) is 0 Å². The Morgan fingerprint density at radius 1 is 1.15 bits per heavy atom. The molecule has 0 aliphatic carbocycles. The molecule has 0 saturated heterocycles. The van der Waals surface area contributed by atoms with Gasteiger partial charge in [-0.15, -0.1) is 0 Å². The third-order valence-electron chi connectivity index (χ3n) is 3.32. The average Bonchev–Trinajstić information content (AvgIpc) is 2.42. The fraction of sp³-hybridized carbons (Fsp3) is 0.235. The summed E-state index contributed by atoms with van der Waals surface area (Å²) in [5.41, 5.74) is 3.83. The Kier molecular flexibility index (Phi) is 4.46. The van der Waals surface area contributed by atoms with E-state index in [0.29, 0.717) is 22.8 Å². The van der Waals surface area contributed by atoms with Crippen molar-refractivity contribution in [3.8, 4) is 5.75 Å². The minimum Gasteiger partial charge on any atom is -0.496 e. The molecule has 0 saturated carbocycles. The van der Waals surface area contributed by atoms with Crippen molar-refractivity contribution in [1.29, 1.82) is 0 Å². The SMILES string of the molecule is COc1ccc(Cl)cc1C(=O)Cc1cc(C)ccc1C. The molecule has 0 unspecified atom stereocenters. The summed E-state index contributed by atoms with van der Waals surface area (Å²) in [6.07, 6.45) is 0.351. The van der Waals surface area contributed by atoms with Crippen LogP contribution in [0.15, 0.2) is 36.4 Å². The van der Waals surface area contributed by atoms with Crippen molar-refractivity contribution in [3.63, 3.8) is 0 Å². The molecule has 0 aliphatic heterocycles. The van der Waals surface area contributed by atoms with E-state index < -0.39 is 0 Å². The van der Waals surface area contributed by atoms with E-state index in [1.807, 2.05) is 32.0 Å². The molecular weight excluding hydrogens is 272 g/mol. The van der Waals surface area contributed by atoms with Crippen LogP contribution in [0.5, 0.6) is 5.75 Å². The molecule has 3 heteroatoms. The molecule has 0 N–H and O–H groups in total. The first-order valence-corrected chi connectivity index (χ1v) is 6.82. The van der Waals surface area contributed by atoms with Gasteiger partial charge in [-0.25, -0.2) is 0 Å². The zero-order valence-corrected chi connectivity index (χ0v) is 12.6. The summed E-state index contributed by atoms with van der Waals surface area (Å²) in [5, 5.41) is 0.537. The van der Waals surface area contributed by atoms with E-state index in [9.17, 15) is 4.79 Å². The van der Waals surface area contributed by atoms with E-state index in [2.05, 4.69) is 0 Å². The number of halogens is 1. The van der Waals surface area contributed by atoms with Gasteiger partial charge in [-0.05, 0) is 43.2 Å². The molecule has 0 aliphatic rings. The van der Waals surface area contributed by atoms with Gasteiger partial charge in [0.05, 0.1) is 12.7 Å². The maximum Gasteiger partial charge on any atom is 0.171 e. The number of rotatable bonds is 4. The number of ether oxygens (including phenoxy) is 1. The highest BCUT2D eigenvalue weighted by Gasteiger charge is 2.14. The highest BCUT2D eigenvalue weighted by molar-refractivity contribution is 6.31. The smallest absolute Gasteiger partial charge is 0.171 e. The molecule has 0 bridgehead atoms. The number of ketones is 1. The van der Waals surface area contributed by atoms with Crippen LogP contribution in [0.25, 0.3) is 0 Å². The van der Waals surface area contributed by atoms with Crippen molar-refractivity contribution in [1.82, 2.24) is 0 Å². The number of methoxy groups -OCH3 is 1. The van der Waals surface area contributed by atoms with Gasteiger partial charge in [0, 0.05) is 11.4 Å². The molecule has 2 rings (SSSR count). The highest BCUT2D eigenvalue weighted by atomic mass is 35.5. The lowest BCUT2D eigenvalue weighted by Crippen LogP contribution is -2.07. The quantitative estimate of drug-likeness (QED) is 0.780. The van der Waals surface area contributed by atoms with Gasteiger partial charge in [-0.2, -0.15) is 0 Å². The second-order valence-electron chi connectivity index (χ2n) is 4.87. The van der Waals surface area contributed by atoms with Crippen molar-refractivity contribution < 1.29 is 9.53 Å². The lowest BCUT2D eigenvalue weighted by atomic mass is 9.97. The lowest BCUT2D eigenvalue weighted by Gasteiger charge is -2.10. The van der Waals surface area contributed by atoms with Crippen molar-refractivity contribution >= 4 is 17.4 Å². The second kappa shape index (κ2) is 6.10. The van der Waals surface area contributed by atoms with Crippen molar-refractivity contribution in [2.75, 3.05) is 7.11 Å². The summed E-state index contributed by atoms with van der Waals surface area (Å²) >= 11 is 5.97. The Hall–Kier alpha value is -1.80. The van der Waals surface area contributed by atoms with Gasteiger partial charge in [-0.3, -0.25) is 4.79 Å². The zero-order chi connectivity index (χ0) is 14.7. The molecular formula is C17H17ClO2. The predicted molar refractivity (Wildman–Crippen MR) is 82.0 cm³/mol. The summed E-state index contributed by atoms with van der Waals surface area (Å²) in [7, 11) is 1.55. The summed E-state index contributed by atoms with van der Waals surface area (Å²) in [5.74, 6) is 0.572. The van der Waals surface area contributed by atoms with Crippen molar-refractivity contribution in [2.24, 2.45) is 0 Å². The molecule has 0 radical (unpaired) electrons. The molecule has 0 heterocycles. The number of hydrogen-bond donors (Lipinski definition) is 0. The molecule has 20 heavy (non-hydrogen) atoms. The molecule has 2 aromatic rings. The Bertz CT molecular complexity index is 647. The van der Waals surface area contributed by atoms with Crippen LogP contribution >= 0.6 is 11.6 Å². The van der Waals surface area contributed by atoms with Gasteiger partial charge in [-0.1, -0.05) is 35.4 Å². The fourth-order valence-electron chi connectivity index (χ4n) is 2.16. The number of aryl methyl sites for hydroxylation is 2. The number of hydrogen-bond acceptors (Lipinski definition) is 2. The van der Waals surface area contributed by atoms with Crippen LogP contribution in [-0.4, -0.2) is 12.9 Å². The third-order valence-corrected chi connectivity index (χ3v) is 3.55. The van der Waals surface area contributed by atoms with Crippen LogP contribution in [-0.2, 0) is 6.42 Å². The Morgan fingerprint density at radius 2 is 1.90 bits per heavy atom. The predicted octanol–water partition coefficient (Wildman–Crippen LogP) is 4.39. The topological polar surface area (TPSA) is 26.3 Å². The summed E-state index contributed by atoms with van der Waals surface area (Å²) in [6, 6.07) is 11.2. The van der Waals surface area contributed by atoms with Gasteiger partial charge in [0.2, 0.25) is 0 Å². The minimum atomic E-state index is 0.0121. The first-order valence-electron chi connectivity index (χ1n) is 6.44. The van der Waals surface area contributed by atoms with Crippen LogP contribution in [0.1, 0.15) is 27.0 Å². The molecule has 2 aromatic carbocycles. The number of benzene rings is 2. The zero-order valence-electron chi connectivity index (χ0n) is 11.9. The minimum absolute atomic E-state index is 0.0121. The van der Waals surface area contributed by atoms with E-state index in [1.165, 1.54) is 0 Å². The average molecular weight is 289 g/mol. The Morgan fingerprint density at radius 3 is 2.60 bits per heavy atom. The Labute approximate surface area is 124 Å². The highest BCUT2D eigenvalue weighted by Crippen LogP contribution is 2.24. The largest absolute Gasteiger partial charge is 0.496 e. The van der Waals surface area contributed by atoms with Gasteiger partial charge in [0.15, 0.2) is 5.78 Å². The number of Topliss-reactive ketones (excluding diaryl/α,β-unsaturated/α-hetero) is 1. The van der Waals surface area contributed by atoms with E-state index in [0.717, 1.165) is 16.7 Å². The lowest BCUT2D eigenvalue weighted by molar-refractivity contribution is 0.0990. The molecule has 0 fully saturated rings. The third kappa shape index (κ3) is 3.20. The maximum absolute atomic E-state index is 12.5. The van der Waals surface area contributed by atoms with Crippen molar-refractivity contribution in [3.05, 3.63) is 63.7 Å². The first kappa shape index (κ1) is 14.6. The molecule has 2 nitrogen and oxygen atoms in total. The summed E-state index contributed by atoms with van der Waals surface area (Å²) in [6.45, 7) is 4.03. The molecule has 0 spiro atoms. The first-order chi connectivity index (χ1) is 9.51. The monoisotopic (exact) mass is 288 g/mol.